The van der Waals surface area contributed by atoms with Crippen LogP contribution in [0, 0.1) is 11.7 Å². The van der Waals surface area contributed by atoms with E-state index in [4.69, 9.17) is 0 Å². The lowest BCUT2D eigenvalue weighted by molar-refractivity contribution is -0.132. The van der Waals surface area contributed by atoms with Gasteiger partial charge in [-0.1, -0.05) is 19.1 Å². The Hall–Kier alpha value is -1.42. The van der Waals surface area contributed by atoms with Crippen LogP contribution in [0.4, 0.5) is 4.39 Å². The molecule has 0 radical (unpaired) electrons. The molecule has 1 amide bonds. The van der Waals surface area contributed by atoms with Gasteiger partial charge < -0.3 is 10.2 Å². The molecule has 1 saturated heterocycles. The quantitative estimate of drug-likeness (QED) is 0.905. The predicted octanol–water partition coefficient (Wildman–Crippen LogP) is 2.78. The fourth-order valence-electron chi connectivity index (χ4n) is 3.00. The molecule has 3 nitrogen and oxygen atoms in total. The number of benzene rings is 1. The third kappa shape index (κ3) is 4.53. The number of amides is 1. The van der Waals surface area contributed by atoms with Crippen molar-refractivity contribution in [2.45, 2.75) is 32.1 Å². The van der Waals surface area contributed by atoms with Gasteiger partial charge in [-0.15, -0.1) is 0 Å². The van der Waals surface area contributed by atoms with E-state index in [9.17, 15) is 9.18 Å². The van der Waals surface area contributed by atoms with E-state index in [1.165, 1.54) is 12.1 Å². The van der Waals surface area contributed by atoms with Crippen LogP contribution >= 0.6 is 0 Å². The van der Waals surface area contributed by atoms with Gasteiger partial charge in [0, 0.05) is 19.5 Å². The van der Waals surface area contributed by atoms with Gasteiger partial charge in [0.05, 0.1) is 0 Å². The van der Waals surface area contributed by atoms with Gasteiger partial charge in [0.1, 0.15) is 5.82 Å². The lowest BCUT2D eigenvalue weighted by Gasteiger charge is -2.32. The minimum atomic E-state index is -0.236. The topological polar surface area (TPSA) is 32.3 Å². The molecular weight excluding hydrogens is 267 g/mol. The number of nitrogens with zero attached hydrogens (tertiary/aromatic N) is 1. The maximum atomic E-state index is 13.2. The Morgan fingerprint density at radius 1 is 1.43 bits per heavy atom. The third-order valence-electron chi connectivity index (χ3n) is 4.36. The van der Waals surface area contributed by atoms with E-state index in [1.54, 1.807) is 6.07 Å². The van der Waals surface area contributed by atoms with Gasteiger partial charge in [0.2, 0.25) is 5.91 Å². The van der Waals surface area contributed by atoms with E-state index in [-0.39, 0.29) is 17.6 Å². The summed E-state index contributed by atoms with van der Waals surface area (Å²) in [6, 6.07) is 6.55. The number of carbonyl (C=O) groups excluding carboxylic acids is 1. The SMILES string of the molecule is CNCC1CCN(C(=O)CC(C)c2cccc(F)c2)CC1. The molecule has 0 aliphatic carbocycles. The number of halogens is 1. The van der Waals surface area contributed by atoms with Gasteiger partial charge in [-0.3, -0.25) is 4.79 Å². The molecule has 1 aliphatic rings. The molecule has 1 fully saturated rings. The summed E-state index contributed by atoms with van der Waals surface area (Å²) in [6.45, 7) is 4.71. The molecule has 116 valence electrons. The molecule has 1 heterocycles. The Morgan fingerprint density at radius 2 is 2.14 bits per heavy atom. The number of nitrogens with one attached hydrogen (secondary N) is 1. The highest BCUT2D eigenvalue weighted by molar-refractivity contribution is 5.77. The van der Waals surface area contributed by atoms with Crippen molar-refractivity contribution in [2.75, 3.05) is 26.7 Å². The standard InChI is InChI=1S/C17H25FN2O/c1-13(15-4-3-5-16(18)11-15)10-17(21)20-8-6-14(7-9-20)12-19-2/h3-5,11,13-14,19H,6-10,12H2,1-2H3. The Bertz CT molecular complexity index is 470. The molecule has 0 aromatic heterocycles. The largest absolute Gasteiger partial charge is 0.343 e. The van der Waals surface area contributed by atoms with Crippen molar-refractivity contribution in [2.24, 2.45) is 5.92 Å². The highest BCUT2D eigenvalue weighted by atomic mass is 19.1. The fourth-order valence-corrected chi connectivity index (χ4v) is 3.00. The Balaban J connectivity index is 1.84. The van der Waals surface area contributed by atoms with Crippen LogP contribution < -0.4 is 5.32 Å². The molecule has 1 unspecified atom stereocenters. The van der Waals surface area contributed by atoms with Gasteiger partial charge in [0.25, 0.3) is 0 Å². The highest BCUT2D eigenvalue weighted by Gasteiger charge is 2.23. The summed E-state index contributed by atoms with van der Waals surface area (Å²) in [5.74, 6) is 0.692. The second kappa shape index (κ2) is 7.55. The van der Waals surface area contributed by atoms with Crippen molar-refractivity contribution in [1.82, 2.24) is 10.2 Å². The predicted molar refractivity (Wildman–Crippen MR) is 82.7 cm³/mol. The van der Waals surface area contributed by atoms with Gasteiger partial charge in [-0.25, -0.2) is 4.39 Å². The molecule has 0 spiro atoms. The normalized spacial score (nSPS) is 17.8. The van der Waals surface area contributed by atoms with E-state index in [0.29, 0.717) is 12.3 Å². The van der Waals surface area contributed by atoms with Gasteiger partial charge in [-0.2, -0.15) is 0 Å². The number of piperidine rings is 1. The monoisotopic (exact) mass is 292 g/mol. The van der Waals surface area contributed by atoms with Crippen molar-refractivity contribution in [3.05, 3.63) is 35.6 Å². The average molecular weight is 292 g/mol. The van der Waals surface area contributed by atoms with Crippen LogP contribution in [-0.2, 0) is 4.79 Å². The molecule has 1 aromatic carbocycles. The first-order valence-corrected chi connectivity index (χ1v) is 7.78. The summed E-state index contributed by atoms with van der Waals surface area (Å²) in [6.07, 6.45) is 2.60. The number of carbonyl (C=O) groups is 1. The molecule has 4 heteroatoms. The van der Waals surface area contributed by atoms with Crippen molar-refractivity contribution in [3.8, 4) is 0 Å². The summed E-state index contributed by atoms with van der Waals surface area (Å²) in [5.41, 5.74) is 0.897. The Morgan fingerprint density at radius 3 is 2.76 bits per heavy atom. The summed E-state index contributed by atoms with van der Waals surface area (Å²) < 4.78 is 13.2. The Kier molecular flexibility index (Phi) is 5.74. The van der Waals surface area contributed by atoms with Crippen LogP contribution in [0.15, 0.2) is 24.3 Å². The lowest BCUT2D eigenvalue weighted by Crippen LogP contribution is -2.40. The van der Waals surface area contributed by atoms with Gasteiger partial charge in [-0.05, 0) is 56.0 Å². The zero-order chi connectivity index (χ0) is 15.2. The molecule has 1 N–H and O–H groups in total. The van der Waals surface area contributed by atoms with E-state index in [0.717, 1.165) is 38.0 Å². The van der Waals surface area contributed by atoms with E-state index in [1.807, 2.05) is 24.9 Å². The third-order valence-corrected chi connectivity index (χ3v) is 4.36. The average Bonchev–Trinajstić information content (AvgIpc) is 2.48. The van der Waals surface area contributed by atoms with Crippen LogP contribution in [0.2, 0.25) is 0 Å². The first kappa shape index (κ1) is 16.0. The van der Waals surface area contributed by atoms with E-state index >= 15 is 0 Å². The van der Waals surface area contributed by atoms with Crippen LogP contribution in [0.25, 0.3) is 0 Å². The molecule has 2 rings (SSSR count). The van der Waals surface area contributed by atoms with E-state index < -0.39 is 0 Å². The molecule has 21 heavy (non-hydrogen) atoms. The molecular formula is C17H25FN2O. The second-order valence-electron chi connectivity index (χ2n) is 6.04. The summed E-state index contributed by atoms with van der Waals surface area (Å²) in [5, 5.41) is 3.20. The summed E-state index contributed by atoms with van der Waals surface area (Å²) >= 11 is 0. The number of rotatable bonds is 5. The maximum absolute atomic E-state index is 13.2. The number of hydrogen-bond acceptors (Lipinski definition) is 2. The van der Waals surface area contributed by atoms with Crippen molar-refractivity contribution in [1.29, 1.82) is 0 Å². The lowest BCUT2D eigenvalue weighted by atomic mass is 9.94. The zero-order valence-corrected chi connectivity index (χ0v) is 12.9. The number of hydrogen-bond donors (Lipinski definition) is 1. The Labute approximate surface area is 126 Å². The second-order valence-corrected chi connectivity index (χ2v) is 6.04. The first-order valence-electron chi connectivity index (χ1n) is 7.78. The van der Waals surface area contributed by atoms with Gasteiger partial charge in [0.15, 0.2) is 0 Å². The zero-order valence-electron chi connectivity index (χ0n) is 12.9. The van der Waals surface area contributed by atoms with Crippen LogP contribution in [0.3, 0.4) is 0 Å². The molecule has 0 saturated carbocycles. The van der Waals surface area contributed by atoms with Crippen LogP contribution in [-0.4, -0.2) is 37.5 Å². The van der Waals surface area contributed by atoms with Crippen LogP contribution in [0.5, 0.6) is 0 Å². The molecule has 1 aliphatic heterocycles. The minimum absolute atomic E-state index is 0.0585. The maximum Gasteiger partial charge on any atom is 0.223 e. The van der Waals surface area contributed by atoms with Crippen molar-refractivity contribution < 1.29 is 9.18 Å². The minimum Gasteiger partial charge on any atom is -0.343 e. The smallest absolute Gasteiger partial charge is 0.223 e. The number of likely N-dealkylation sites (tertiary alicyclic amines) is 1. The highest BCUT2D eigenvalue weighted by Crippen LogP contribution is 2.23. The first-order chi connectivity index (χ1) is 10.1. The van der Waals surface area contributed by atoms with Crippen LogP contribution in [0.1, 0.15) is 37.7 Å². The molecule has 1 aromatic rings. The molecule has 0 bridgehead atoms. The summed E-state index contributed by atoms with van der Waals surface area (Å²) in [7, 11) is 1.97. The summed E-state index contributed by atoms with van der Waals surface area (Å²) in [4.78, 5) is 14.3. The van der Waals surface area contributed by atoms with Crippen molar-refractivity contribution >= 4 is 5.91 Å². The van der Waals surface area contributed by atoms with E-state index in [2.05, 4.69) is 5.32 Å². The van der Waals surface area contributed by atoms with Crippen molar-refractivity contribution in [3.63, 3.8) is 0 Å². The fraction of sp³-hybridized carbons (Fsp3) is 0.588. The molecule has 1 atom stereocenters. The van der Waals surface area contributed by atoms with Gasteiger partial charge >= 0.3 is 0 Å².